The van der Waals surface area contributed by atoms with Gasteiger partial charge in [-0.15, -0.1) is 11.3 Å². The van der Waals surface area contributed by atoms with Crippen LogP contribution in [0.1, 0.15) is 34.6 Å². The molecule has 5 nitrogen and oxygen atoms in total. The van der Waals surface area contributed by atoms with Crippen molar-refractivity contribution in [2.75, 3.05) is 19.6 Å². The average Bonchev–Trinajstić information content (AvgIpc) is 3.15. The van der Waals surface area contributed by atoms with E-state index in [0.29, 0.717) is 18.1 Å². The first-order valence-corrected chi connectivity index (χ1v) is 9.46. The van der Waals surface area contributed by atoms with Gasteiger partial charge in [0.1, 0.15) is 0 Å². The number of hydrogen-bond acceptors (Lipinski definition) is 3. The summed E-state index contributed by atoms with van der Waals surface area (Å²) < 4.78 is 0. The van der Waals surface area contributed by atoms with Crippen LogP contribution in [-0.4, -0.2) is 36.4 Å². The van der Waals surface area contributed by atoms with Crippen molar-refractivity contribution in [2.45, 2.75) is 26.8 Å². The Bertz CT molecular complexity index is 676. The number of carbonyl (C=O) groups is 1. The summed E-state index contributed by atoms with van der Waals surface area (Å²) in [6.45, 7) is 6.67. The zero-order chi connectivity index (χ0) is 18.1. The van der Waals surface area contributed by atoms with Gasteiger partial charge in [-0.05, 0) is 49.4 Å². The number of carbonyl (C=O) groups excluding carboxylic acids is 1. The van der Waals surface area contributed by atoms with E-state index in [0.717, 1.165) is 31.6 Å². The molecule has 134 valence electrons. The second kappa shape index (κ2) is 9.84. The van der Waals surface area contributed by atoms with Crippen LogP contribution in [0, 0.1) is 0 Å². The number of amides is 1. The van der Waals surface area contributed by atoms with Gasteiger partial charge in [0.15, 0.2) is 5.96 Å². The highest BCUT2D eigenvalue weighted by Crippen LogP contribution is 2.09. The van der Waals surface area contributed by atoms with E-state index in [2.05, 4.69) is 21.8 Å². The lowest BCUT2D eigenvalue weighted by Gasteiger charge is -2.18. The quantitative estimate of drug-likeness (QED) is 0.563. The lowest BCUT2D eigenvalue weighted by atomic mass is 10.1. The van der Waals surface area contributed by atoms with Gasteiger partial charge in [0.25, 0.3) is 5.91 Å². The number of thiophene rings is 1. The van der Waals surface area contributed by atoms with E-state index in [1.54, 1.807) is 11.3 Å². The summed E-state index contributed by atoms with van der Waals surface area (Å²) in [5.41, 5.74) is 7.63. The molecule has 2 rings (SSSR count). The molecule has 1 aromatic carbocycles. The third-order valence-electron chi connectivity index (χ3n) is 3.94. The standard InChI is InChI=1S/C19H26N4OS/c1-3-23(4-2)18(24)16-9-7-15(8-10-16)14-22-19(20)21-12-11-17-6-5-13-25-17/h5-10,13H,3-4,11-12,14H2,1-2H3,(H3,20,21,22). The Morgan fingerprint density at radius 2 is 1.92 bits per heavy atom. The maximum atomic E-state index is 12.3. The molecule has 1 heterocycles. The van der Waals surface area contributed by atoms with Gasteiger partial charge in [-0.1, -0.05) is 18.2 Å². The molecule has 1 aromatic heterocycles. The first-order chi connectivity index (χ1) is 12.1. The van der Waals surface area contributed by atoms with E-state index in [1.165, 1.54) is 4.88 Å². The normalized spacial score (nSPS) is 11.4. The molecule has 2 aromatic rings. The fraction of sp³-hybridized carbons (Fsp3) is 0.368. The number of nitrogens with zero attached hydrogens (tertiary/aromatic N) is 2. The van der Waals surface area contributed by atoms with Crippen molar-refractivity contribution < 1.29 is 4.79 Å². The Kier molecular flexibility index (Phi) is 7.47. The first kappa shape index (κ1) is 19.0. The van der Waals surface area contributed by atoms with Crippen LogP contribution in [0.5, 0.6) is 0 Å². The van der Waals surface area contributed by atoms with Gasteiger partial charge in [0, 0.05) is 30.1 Å². The van der Waals surface area contributed by atoms with Crippen LogP contribution in [0.4, 0.5) is 0 Å². The predicted octanol–water partition coefficient (Wildman–Crippen LogP) is 2.88. The van der Waals surface area contributed by atoms with Crippen molar-refractivity contribution >= 4 is 23.2 Å². The topological polar surface area (TPSA) is 70.7 Å². The first-order valence-electron chi connectivity index (χ1n) is 8.58. The van der Waals surface area contributed by atoms with Crippen LogP contribution in [0.15, 0.2) is 46.8 Å². The molecule has 1 amide bonds. The SMILES string of the molecule is CCN(CC)C(=O)c1ccc(CN=C(N)NCCc2cccs2)cc1. The van der Waals surface area contributed by atoms with Gasteiger partial charge >= 0.3 is 0 Å². The smallest absolute Gasteiger partial charge is 0.253 e. The van der Waals surface area contributed by atoms with E-state index in [4.69, 9.17) is 5.73 Å². The fourth-order valence-electron chi connectivity index (χ4n) is 2.45. The number of nitrogens with one attached hydrogen (secondary N) is 1. The highest BCUT2D eigenvalue weighted by molar-refractivity contribution is 7.09. The Hall–Kier alpha value is -2.34. The number of rotatable bonds is 8. The maximum Gasteiger partial charge on any atom is 0.253 e. The zero-order valence-corrected chi connectivity index (χ0v) is 15.7. The third-order valence-corrected chi connectivity index (χ3v) is 4.88. The lowest BCUT2D eigenvalue weighted by molar-refractivity contribution is 0.0773. The van der Waals surface area contributed by atoms with Gasteiger partial charge in [-0.3, -0.25) is 4.79 Å². The number of hydrogen-bond donors (Lipinski definition) is 2. The van der Waals surface area contributed by atoms with Crippen molar-refractivity contribution in [1.29, 1.82) is 0 Å². The average molecular weight is 359 g/mol. The minimum atomic E-state index is 0.0646. The minimum absolute atomic E-state index is 0.0646. The molecule has 6 heteroatoms. The minimum Gasteiger partial charge on any atom is -0.370 e. The van der Waals surface area contributed by atoms with Crippen molar-refractivity contribution in [3.63, 3.8) is 0 Å². The second-order valence-electron chi connectivity index (χ2n) is 5.63. The monoisotopic (exact) mass is 358 g/mol. The molecule has 0 aliphatic carbocycles. The molecule has 0 fully saturated rings. The summed E-state index contributed by atoms with van der Waals surface area (Å²) in [7, 11) is 0. The summed E-state index contributed by atoms with van der Waals surface area (Å²) in [6, 6.07) is 11.7. The summed E-state index contributed by atoms with van der Waals surface area (Å²) in [4.78, 5) is 19.8. The number of benzene rings is 1. The van der Waals surface area contributed by atoms with E-state index in [-0.39, 0.29) is 5.91 Å². The maximum absolute atomic E-state index is 12.3. The molecule has 0 radical (unpaired) electrons. The molecular formula is C19H26N4OS. The van der Waals surface area contributed by atoms with Crippen LogP contribution in [0.25, 0.3) is 0 Å². The number of aliphatic imine (C=N–C) groups is 1. The van der Waals surface area contributed by atoms with Crippen LogP contribution in [0.3, 0.4) is 0 Å². The highest BCUT2D eigenvalue weighted by Gasteiger charge is 2.11. The largest absolute Gasteiger partial charge is 0.370 e. The molecule has 0 saturated carbocycles. The van der Waals surface area contributed by atoms with E-state index >= 15 is 0 Å². The molecule has 0 saturated heterocycles. The summed E-state index contributed by atoms with van der Waals surface area (Å²) >= 11 is 1.74. The molecule has 3 N–H and O–H groups in total. The van der Waals surface area contributed by atoms with E-state index in [9.17, 15) is 4.79 Å². The third kappa shape index (κ3) is 5.90. The Labute approximate surface area is 153 Å². The van der Waals surface area contributed by atoms with Crippen molar-refractivity contribution in [3.05, 3.63) is 57.8 Å². The lowest BCUT2D eigenvalue weighted by Crippen LogP contribution is -2.33. The molecule has 0 bridgehead atoms. The van der Waals surface area contributed by atoms with Gasteiger partial charge in [0.2, 0.25) is 0 Å². The van der Waals surface area contributed by atoms with Crippen LogP contribution in [-0.2, 0) is 13.0 Å². The predicted molar refractivity (Wildman–Crippen MR) is 105 cm³/mol. The molecule has 0 aliphatic heterocycles. The van der Waals surface area contributed by atoms with Crippen molar-refractivity contribution in [3.8, 4) is 0 Å². The van der Waals surface area contributed by atoms with Gasteiger partial charge in [-0.25, -0.2) is 4.99 Å². The summed E-state index contributed by atoms with van der Waals surface area (Å²) in [5, 5.41) is 5.20. The van der Waals surface area contributed by atoms with Gasteiger partial charge in [-0.2, -0.15) is 0 Å². The Morgan fingerprint density at radius 3 is 2.52 bits per heavy atom. The zero-order valence-electron chi connectivity index (χ0n) is 14.9. The Balaban J connectivity index is 1.82. The molecule has 25 heavy (non-hydrogen) atoms. The van der Waals surface area contributed by atoms with Gasteiger partial charge in [0.05, 0.1) is 6.54 Å². The molecule has 0 atom stereocenters. The van der Waals surface area contributed by atoms with Crippen LogP contribution in [0.2, 0.25) is 0 Å². The second-order valence-corrected chi connectivity index (χ2v) is 6.66. The molecule has 0 aliphatic rings. The van der Waals surface area contributed by atoms with E-state index in [1.807, 2.05) is 49.1 Å². The summed E-state index contributed by atoms with van der Waals surface area (Å²) in [5.74, 6) is 0.509. The van der Waals surface area contributed by atoms with Gasteiger partial charge < -0.3 is 16.0 Å². The molecule has 0 spiro atoms. The fourth-order valence-corrected chi connectivity index (χ4v) is 3.16. The highest BCUT2D eigenvalue weighted by atomic mass is 32.1. The summed E-state index contributed by atoms with van der Waals surface area (Å²) in [6.07, 6.45) is 0.941. The number of nitrogens with two attached hydrogens (primary N) is 1. The van der Waals surface area contributed by atoms with Crippen molar-refractivity contribution in [1.82, 2.24) is 10.2 Å². The number of guanidine groups is 1. The van der Waals surface area contributed by atoms with E-state index < -0.39 is 0 Å². The van der Waals surface area contributed by atoms with Crippen molar-refractivity contribution in [2.24, 2.45) is 10.7 Å². The molecular weight excluding hydrogens is 332 g/mol. The Morgan fingerprint density at radius 1 is 1.20 bits per heavy atom. The van der Waals surface area contributed by atoms with Crippen LogP contribution < -0.4 is 11.1 Å². The molecule has 0 unspecified atom stereocenters. The van der Waals surface area contributed by atoms with Crippen LogP contribution >= 0.6 is 11.3 Å².